The molecule has 5 aromatic rings. The molecule has 8 nitrogen and oxygen atoms in total. The maximum Gasteiger partial charge on any atom is 0.340 e. The molecule has 9 heteroatoms. The molecule has 0 fully saturated rings. The number of carbonyl (C=O) groups excluding carboxylic acids is 2. The highest BCUT2D eigenvalue weighted by Crippen LogP contribution is 2.28. The van der Waals surface area contributed by atoms with Gasteiger partial charge in [0, 0.05) is 10.9 Å². The first-order valence-corrected chi connectivity index (χ1v) is 13.2. The maximum absolute atomic E-state index is 13.8. The summed E-state index contributed by atoms with van der Waals surface area (Å²) in [7, 11) is 0. The number of rotatable bonds is 7. The third kappa shape index (κ3) is 4.68. The molecule has 0 bridgehead atoms. The van der Waals surface area contributed by atoms with Crippen molar-refractivity contribution in [2.45, 2.75) is 25.9 Å². The number of benzene rings is 3. The Balaban J connectivity index is 1.53. The minimum atomic E-state index is -0.508. The standard InChI is InChI=1S/C29H26N4O4S/c1-4-37-28(36)20-12-6-8-14-22(20)30-24(34)16-38-29-32-25-19-11-5-7-13-21(19)31-26(25)27(35)33(29)23-15-9-10-17(2)18(23)3/h5-15,31H,4,16H2,1-3H3,(H,30,34). The molecule has 2 N–H and O–H groups in total. The van der Waals surface area contributed by atoms with Gasteiger partial charge in [-0.2, -0.15) is 0 Å². The fourth-order valence-corrected chi connectivity index (χ4v) is 5.12. The highest BCUT2D eigenvalue weighted by molar-refractivity contribution is 7.99. The molecule has 2 heterocycles. The van der Waals surface area contributed by atoms with Crippen LogP contribution in [0.3, 0.4) is 0 Å². The first-order valence-electron chi connectivity index (χ1n) is 12.2. The lowest BCUT2D eigenvalue weighted by atomic mass is 10.1. The number of hydrogen-bond acceptors (Lipinski definition) is 6. The molecular formula is C29H26N4O4S. The van der Waals surface area contributed by atoms with Crippen LogP contribution in [0, 0.1) is 13.8 Å². The third-order valence-corrected chi connectivity index (χ3v) is 7.28. The molecule has 0 atom stereocenters. The average molecular weight is 527 g/mol. The number of nitrogens with zero attached hydrogens (tertiary/aromatic N) is 2. The van der Waals surface area contributed by atoms with E-state index in [1.807, 2.05) is 56.3 Å². The Labute approximate surface area is 223 Å². The zero-order valence-electron chi connectivity index (χ0n) is 21.2. The van der Waals surface area contributed by atoms with Gasteiger partial charge >= 0.3 is 5.97 Å². The van der Waals surface area contributed by atoms with Crippen molar-refractivity contribution in [3.05, 3.63) is 93.8 Å². The van der Waals surface area contributed by atoms with E-state index in [0.29, 0.717) is 27.6 Å². The Bertz CT molecular complexity index is 1760. The van der Waals surface area contributed by atoms with Gasteiger partial charge in [-0.25, -0.2) is 9.78 Å². The molecule has 2 aromatic heterocycles. The molecule has 0 saturated heterocycles. The Morgan fingerprint density at radius 3 is 2.61 bits per heavy atom. The Hall–Kier alpha value is -4.37. The van der Waals surface area contributed by atoms with Crippen molar-refractivity contribution in [3.8, 4) is 5.69 Å². The van der Waals surface area contributed by atoms with Crippen LogP contribution in [0.2, 0.25) is 0 Å². The second-order valence-corrected chi connectivity index (χ2v) is 9.69. The Kier molecular flexibility index (Phi) is 7.02. The number of nitrogens with one attached hydrogen (secondary N) is 2. The summed E-state index contributed by atoms with van der Waals surface area (Å²) in [6.45, 7) is 5.90. The number of aromatic amines is 1. The molecule has 0 aliphatic carbocycles. The van der Waals surface area contributed by atoms with Gasteiger partial charge in [0.1, 0.15) is 11.0 Å². The zero-order valence-corrected chi connectivity index (χ0v) is 22.0. The zero-order chi connectivity index (χ0) is 26.8. The number of hydrogen-bond donors (Lipinski definition) is 2. The van der Waals surface area contributed by atoms with Crippen LogP contribution < -0.4 is 10.9 Å². The molecular weight excluding hydrogens is 500 g/mol. The molecule has 0 unspecified atom stereocenters. The highest BCUT2D eigenvalue weighted by Gasteiger charge is 2.20. The number of aryl methyl sites for hydroxylation is 1. The van der Waals surface area contributed by atoms with Crippen LogP contribution in [-0.4, -0.2) is 38.8 Å². The van der Waals surface area contributed by atoms with E-state index < -0.39 is 5.97 Å². The second-order valence-electron chi connectivity index (χ2n) is 8.75. The van der Waals surface area contributed by atoms with Gasteiger partial charge in [0.2, 0.25) is 5.91 Å². The van der Waals surface area contributed by atoms with Gasteiger partial charge in [0.05, 0.1) is 29.3 Å². The molecule has 0 spiro atoms. The largest absolute Gasteiger partial charge is 0.462 e. The quantitative estimate of drug-likeness (QED) is 0.167. The normalized spacial score (nSPS) is 11.1. The van der Waals surface area contributed by atoms with Gasteiger partial charge in [-0.15, -0.1) is 0 Å². The van der Waals surface area contributed by atoms with Gasteiger partial charge in [-0.05, 0) is 56.2 Å². The molecule has 0 aliphatic rings. The van der Waals surface area contributed by atoms with Crippen molar-refractivity contribution in [3.63, 3.8) is 0 Å². The van der Waals surface area contributed by atoms with E-state index in [1.165, 1.54) is 0 Å². The van der Waals surface area contributed by atoms with E-state index >= 15 is 0 Å². The topological polar surface area (TPSA) is 106 Å². The number of para-hydroxylation sites is 2. The molecule has 0 aliphatic heterocycles. The van der Waals surface area contributed by atoms with Gasteiger partial charge in [0.25, 0.3) is 5.56 Å². The third-order valence-electron chi connectivity index (χ3n) is 6.34. The van der Waals surface area contributed by atoms with Gasteiger partial charge in [0.15, 0.2) is 5.16 Å². The minimum absolute atomic E-state index is 0.0255. The van der Waals surface area contributed by atoms with Crippen LogP contribution >= 0.6 is 11.8 Å². The number of carbonyl (C=O) groups is 2. The minimum Gasteiger partial charge on any atom is -0.462 e. The fraction of sp³-hybridized carbons (Fsp3) is 0.172. The Morgan fingerprint density at radius 1 is 1.03 bits per heavy atom. The van der Waals surface area contributed by atoms with Gasteiger partial charge in [-0.1, -0.05) is 54.2 Å². The first kappa shape index (κ1) is 25.3. The molecule has 5 rings (SSSR count). The lowest BCUT2D eigenvalue weighted by molar-refractivity contribution is -0.113. The smallest absolute Gasteiger partial charge is 0.340 e. The number of esters is 1. The van der Waals surface area contributed by atoms with E-state index in [1.54, 1.807) is 35.8 Å². The van der Waals surface area contributed by atoms with E-state index in [9.17, 15) is 14.4 Å². The summed E-state index contributed by atoms with van der Waals surface area (Å²) < 4.78 is 6.66. The summed E-state index contributed by atoms with van der Waals surface area (Å²) in [5.74, 6) is -0.874. The van der Waals surface area contributed by atoms with Crippen LogP contribution in [0.1, 0.15) is 28.4 Å². The summed E-state index contributed by atoms with van der Waals surface area (Å²) in [5, 5.41) is 4.03. The molecule has 0 saturated carbocycles. The summed E-state index contributed by atoms with van der Waals surface area (Å²) in [6.07, 6.45) is 0. The number of anilines is 1. The summed E-state index contributed by atoms with van der Waals surface area (Å²) >= 11 is 1.16. The van der Waals surface area contributed by atoms with Crippen LogP contribution in [0.4, 0.5) is 5.69 Å². The number of fused-ring (bicyclic) bond motifs is 3. The van der Waals surface area contributed by atoms with Crippen molar-refractivity contribution < 1.29 is 14.3 Å². The summed E-state index contributed by atoms with van der Waals surface area (Å²) in [5.41, 5.74) is 4.87. The lowest BCUT2D eigenvalue weighted by Gasteiger charge is -2.15. The van der Waals surface area contributed by atoms with E-state index in [2.05, 4.69) is 10.3 Å². The maximum atomic E-state index is 13.8. The number of thioether (sulfide) groups is 1. The van der Waals surface area contributed by atoms with Crippen molar-refractivity contribution in [1.82, 2.24) is 14.5 Å². The predicted molar refractivity (Wildman–Crippen MR) is 150 cm³/mol. The van der Waals surface area contributed by atoms with Crippen molar-refractivity contribution >= 4 is 51.3 Å². The van der Waals surface area contributed by atoms with Crippen LogP contribution in [0.5, 0.6) is 0 Å². The lowest BCUT2D eigenvalue weighted by Crippen LogP contribution is -2.24. The van der Waals surface area contributed by atoms with Crippen LogP contribution in [-0.2, 0) is 9.53 Å². The van der Waals surface area contributed by atoms with Crippen molar-refractivity contribution in [1.29, 1.82) is 0 Å². The van der Waals surface area contributed by atoms with Crippen LogP contribution in [0.15, 0.2) is 76.7 Å². The van der Waals surface area contributed by atoms with E-state index in [-0.39, 0.29) is 29.4 Å². The monoisotopic (exact) mass is 526 g/mol. The molecule has 0 radical (unpaired) electrons. The highest BCUT2D eigenvalue weighted by atomic mass is 32.2. The number of aromatic nitrogens is 3. The van der Waals surface area contributed by atoms with Crippen molar-refractivity contribution in [2.24, 2.45) is 0 Å². The van der Waals surface area contributed by atoms with Gasteiger partial charge in [-0.3, -0.25) is 14.2 Å². The average Bonchev–Trinajstić information content (AvgIpc) is 3.29. The first-order chi connectivity index (χ1) is 18.4. The van der Waals surface area contributed by atoms with E-state index in [4.69, 9.17) is 9.72 Å². The molecule has 192 valence electrons. The predicted octanol–water partition coefficient (Wildman–Crippen LogP) is 5.39. The molecule has 1 amide bonds. The summed E-state index contributed by atoms with van der Waals surface area (Å²) in [6, 6.07) is 20.1. The Morgan fingerprint density at radius 2 is 1.79 bits per heavy atom. The van der Waals surface area contributed by atoms with Crippen LogP contribution in [0.25, 0.3) is 27.6 Å². The van der Waals surface area contributed by atoms with Crippen molar-refractivity contribution in [2.75, 3.05) is 17.7 Å². The number of ether oxygens (including phenoxy) is 1. The van der Waals surface area contributed by atoms with Gasteiger partial charge < -0.3 is 15.0 Å². The second kappa shape index (κ2) is 10.5. The molecule has 38 heavy (non-hydrogen) atoms. The summed E-state index contributed by atoms with van der Waals surface area (Å²) in [4.78, 5) is 47.2. The molecule has 3 aromatic carbocycles. The number of H-pyrrole nitrogens is 1. The number of amides is 1. The SMILES string of the molecule is CCOC(=O)c1ccccc1NC(=O)CSc1nc2c([nH]c3ccccc32)c(=O)n1-c1cccc(C)c1C. The fourth-order valence-electron chi connectivity index (χ4n) is 4.32. The van der Waals surface area contributed by atoms with E-state index in [0.717, 1.165) is 33.8 Å².